The van der Waals surface area contributed by atoms with Crippen molar-refractivity contribution in [3.05, 3.63) is 63.8 Å². The summed E-state index contributed by atoms with van der Waals surface area (Å²) in [6.07, 6.45) is 6.89. The number of nitrogens with one attached hydrogen (secondary N) is 4. The maximum absolute atomic E-state index is 13.4. The fourth-order valence-electron chi connectivity index (χ4n) is 3.96. The van der Waals surface area contributed by atoms with Crippen molar-refractivity contribution in [1.29, 1.82) is 0 Å². The second kappa shape index (κ2) is 9.22. The summed E-state index contributed by atoms with van der Waals surface area (Å²) >= 11 is 3.28. The van der Waals surface area contributed by atoms with Gasteiger partial charge in [-0.1, -0.05) is 11.1 Å². The molecule has 0 bridgehead atoms. The monoisotopic (exact) mass is 551 g/mol. The molecule has 182 valence electrons. The first kappa shape index (κ1) is 23.2. The van der Waals surface area contributed by atoms with E-state index >= 15 is 0 Å². The molecule has 5 heterocycles. The van der Waals surface area contributed by atoms with Crippen LogP contribution in [0.5, 0.6) is 0 Å². The molecule has 3 aliphatic rings. The number of halogens is 1. The number of aromatic amines is 2. The third-order valence-electron chi connectivity index (χ3n) is 5.55. The van der Waals surface area contributed by atoms with Crippen LogP contribution in [0.25, 0.3) is 5.57 Å². The summed E-state index contributed by atoms with van der Waals surface area (Å²) in [6.45, 7) is 0.525. The van der Waals surface area contributed by atoms with Gasteiger partial charge in [0, 0.05) is 41.1 Å². The van der Waals surface area contributed by atoms with Crippen LogP contribution in [0.2, 0.25) is 0 Å². The topological polar surface area (TPSA) is 199 Å². The quantitative estimate of drug-likeness (QED) is 0.228. The number of hydrogen-bond donors (Lipinski definition) is 6. The van der Waals surface area contributed by atoms with E-state index in [9.17, 15) is 14.4 Å². The molecule has 3 aliphatic heterocycles. The lowest BCUT2D eigenvalue weighted by Crippen LogP contribution is -2.35. The van der Waals surface area contributed by atoms with Crippen molar-refractivity contribution in [2.45, 2.75) is 6.42 Å². The Bertz CT molecular complexity index is 1500. The number of carbonyl (C=O) groups is 3. The van der Waals surface area contributed by atoms with Crippen LogP contribution in [0.1, 0.15) is 33.0 Å². The molecule has 14 heteroatoms. The summed E-state index contributed by atoms with van der Waals surface area (Å²) in [5.74, 6) is -1.09. The van der Waals surface area contributed by atoms with Crippen molar-refractivity contribution in [2.75, 3.05) is 13.1 Å². The van der Waals surface area contributed by atoms with E-state index in [2.05, 4.69) is 51.5 Å². The van der Waals surface area contributed by atoms with Gasteiger partial charge in [0.05, 0.1) is 0 Å². The summed E-state index contributed by atoms with van der Waals surface area (Å²) in [5, 5.41) is 5.51. The molecule has 2 aromatic heterocycles. The van der Waals surface area contributed by atoms with Gasteiger partial charge in [-0.05, 0) is 40.6 Å². The molecule has 0 aliphatic carbocycles. The lowest BCUT2D eigenvalue weighted by molar-refractivity contribution is -0.329. The first-order valence-corrected chi connectivity index (χ1v) is 11.6. The van der Waals surface area contributed by atoms with Crippen LogP contribution in [0.4, 0.5) is 0 Å². The number of aliphatic imine (C=N–C) groups is 3. The highest BCUT2D eigenvalue weighted by Crippen LogP contribution is 2.30. The Morgan fingerprint density at radius 3 is 2.83 bits per heavy atom. The van der Waals surface area contributed by atoms with Crippen molar-refractivity contribution in [2.24, 2.45) is 26.4 Å². The van der Waals surface area contributed by atoms with E-state index < -0.39 is 5.91 Å². The molecule has 0 atom stereocenters. The molecule has 0 saturated carbocycles. The molecule has 0 aromatic carbocycles. The minimum atomic E-state index is -0.510. The number of fused-ring (bicyclic) bond motifs is 1. The molecule has 36 heavy (non-hydrogen) atoms. The van der Waals surface area contributed by atoms with Crippen molar-refractivity contribution in [3.63, 3.8) is 0 Å². The Morgan fingerprint density at radius 1 is 1.22 bits per heavy atom. The molecule has 0 fully saturated rings. The van der Waals surface area contributed by atoms with Crippen LogP contribution in [-0.4, -0.2) is 68.8 Å². The van der Waals surface area contributed by atoms with Crippen molar-refractivity contribution < 1.29 is 19.0 Å². The number of hydrogen-bond acceptors (Lipinski definition) is 7. The van der Waals surface area contributed by atoms with Gasteiger partial charge in [0.1, 0.15) is 17.1 Å². The van der Waals surface area contributed by atoms with Crippen LogP contribution in [0.15, 0.2) is 61.8 Å². The highest BCUT2D eigenvalue weighted by molar-refractivity contribution is 9.10. The molecule has 5 rings (SSSR count). The maximum Gasteiger partial charge on any atom is 0.353 e. The predicted octanol–water partition coefficient (Wildman–Crippen LogP) is -0.0287. The molecule has 0 saturated heterocycles. The van der Waals surface area contributed by atoms with E-state index in [-0.39, 0.29) is 47.5 Å². The SMILES string of the molecule is NC1=NC(=[N+]2C(=O)/C(=C3\CCNC(=O)c4[nH]ccc43)N=C2N)C(/C=C/CNC(=O)c2cc(Br)c[nH]2)=N1. The van der Waals surface area contributed by atoms with Crippen LogP contribution >= 0.6 is 15.9 Å². The fourth-order valence-corrected chi connectivity index (χ4v) is 4.30. The van der Waals surface area contributed by atoms with E-state index in [1.165, 1.54) is 0 Å². The minimum Gasteiger partial charge on any atom is -0.357 e. The largest absolute Gasteiger partial charge is 0.357 e. The molecule has 0 unspecified atom stereocenters. The number of amides is 3. The molecule has 8 N–H and O–H groups in total. The second-order valence-corrected chi connectivity index (χ2v) is 8.76. The third-order valence-corrected chi connectivity index (χ3v) is 6.01. The summed E-state index contributed by atoms with van der Waals surface area (Å²) in [6, 6.07) is 3.38. The number of amidine groups is 1. The fraction of sp³-hybridized carbons (Fsp3) is 0.136. The van der Waals surface area contributed by atoms with Gasteiger partial charge in [-0.2, -0.15) is 4.99 Å². The average Bonchev–Trinajstić information content (AvgIpc) is 3.61. The Kier molecular flexibility index (Phi) is 5.93. The second-order valence-electron chi connectivity index (χ2n) is 7.84. The zero-order valence-electron chi connectivity index (χ0n) is 18.6. The molecule has 0 radical (unpaired) electrons. The van der Waals surface area contributed by atoms with Crippen molar-refractivity contribution >= 4 is 62.7 Å². The molecule has 3 amide bonds. The van der Waals surface area contributed by atoms with Gasteiger partial charge in [-0.25, -0.2) is 0 Å². The molecule has 0 spiro atoms. The number of rotatable bonds is 4. The third kappa shape index (κ3) is 4.17. The highest BCUT2D eigenvalue weighted by atomic mass is 79.9. The van der Waals surface area contributed by atoms with Gasteiger partial charge in [0.25, 0.3) is 23.6 Å². The first-order chi connectivity index (χ1) is 17.3. The van der Waals surface area contributed by atoms with Crippen LogP contribution in [0.3, 0.4) is 0 Å². The van der Waals surface area contributed by atoms with E-state index in [4.69, 9.17) is 11.5 Å². The number of nitrogens with zero attached hydrogens (tertiary/aromatic N) is 4. The van der Waals surface area contributed by atoms with E-state index in [0.717, 1.165) is 9.05 Å². The first-order valence-electron chi connectivity index (χ1n) is 10.8. The van der Waals surface area contributed by atoms with E-state index in [0.29, 0.717) is 35.5 Å². The summed E-state index contributed by atoms with van der Waals surface area (Å²) in [4.78, 5) is 56.3. The van der Waals surface area contributed by atoms with Gasteiger partial charge >= 0.3 is 11.9 Å². The van der Waals surface area contributed by atoms with E-state index in [1.807, 2.05) is 0 Å². The Balaban J connectivity index is 1.41. The Labute approximate surface area is 212 Å². The molecular formula is C22H20BrN10O3+. The lowest BCUT2D eigenvalue weighted by atomic mass is 10.0. The van der Waals surface area contributed by atoms with Gasteiger partial charge in [0.2, 0.25) is 5.70 Å². The molecule has 2 aromatic rings. The smallest absolute Gasteiger partial charge is 0.353 e. The number of nitrogens with two attached hydrogens (primary N) is 2. The summed E-state index contributed by atoms with van der Waals surface area (Å²) in [7, 11) is 0. The summed E-state index contributed by atoms with van der Waals surface area (Å²) < 4.78 is 1.89. The van der Waals surface area contributed by atoms with Crippen LogP contribution < -0.4 is 22.1 Å². The maximum atomic E-state index is 13.4. The van der Waals surface area contributed by atoms with E-state index in [1.54, 1.807) is 36.7 Å². The number of aromatic nitrogens is 2. The average molecular weight is 552 g/mol. The Morgan fingerprint density at radius 2 is 2.06 bits per heavy atom. The zero-order valence-corrected chi connectivity index (χ0v) is 20.2. The van der Waals surface area contributed by atoms with Crippen LogP contribution in [0, 0.1) is 0 Å². The lowest BCUT2D eigenvalue weighted by Gasteiger charge is -2.03. The molecule has 13 nitrogen and oxygen atoms in total. The minimum absolute atomic E-state index is 0.0520. The van der Waals surface area contributed by atoms with Gasteiger partial charge in [-0.3, -0.25) is 14.4 Å². The number of guanidine groups is 2. The van der Waals surface area contributed by atoms with Gasteiger partial charge in [0.15, 0.2) is 0 Å². The highest BCUT2D eigenvalue weighted by Gasteiger charge is 2.40. The van der Waals surface area contributed by atoms with Crippen molar-refractivity contribution in [1.82, 2.24) is 20.6 Å². The normalized spacial score (nSPS) is 21.8. The van der Waals surface area contributed by atoms with Gasteiger partial charge < -0.3 is 32.1 Å². The zero-order chi connectivity index (χ0) is 25.4. The van der Waals surface area contributed by atoms with Gasteiger partial charge in [-0.15, -0.1) is 9.57 Å². The Hall–Kier alpha value is -4.59. The molecular weight excluding hydrogens is 532 g/mol. The summed E-state index contributed by atoms with van der Waals surface area (Å²) in [5.41, 5.74) is 14.3. The van der Waals surface area contributed by atoms with Crippen LogP contribution in [-0.2, 0) is 4.79 Å². The predicted molar refractivity (Wildman–Crippen MR) is 136 cm³/mol. The number of H-pyrrole nitrogens is 2. The standard InChI is InChI=1S/C22H19BrN10O3/c23-10-8-14(29-9-10)18(34)27-5-1-2-13-17(32-21(24)30-13)33-20(36)16(31-22(33)25)12-4-7-28-19(35)15-11(12)3-6-26-15/h1-3,6,8-9H,4-5,7H2,(H7,24,25,26,27,28,29,30,31,32,34,35,36)/p+1/b2-1+. The number of carbonyl (C=O) groups excluding carboxylic acids is 3. The van der Waals surface area contributed by atoms with Crippen molar-refractivity contribution in [3.8, 4) is 0 Å².